The molecule has 2 aromatic carbocycles. The topological polar surface area (TPSA) is 149 Å². The van der Waals surface area contributed by atoms with Crippen molar-refractivity contribution in [2.24, 2.45) is 5.10 Å². The number of carbonyl (C=O) groups excluding carboxylic acids is 1. The number of rotatable bonds is 11. The first-order valence-electron chi connectivity index (χ1n) is 10.8. The summed E-state index contributed by atoms with van der Waals surface area (Å²) in [6.07, 6.45) is 1.46. The third-order valence-corrected chi connectivity index (χ3v) is 6.00. The Morgan fingerprint density at radius 2 is 1.89 bits per heavy atom. The molecule has 0 aliphatic heterocycles. The van der Waals surface area contributed by atoms with Gasteiger partial charge in [0.15, 0.2) is 6.61 Å². The fourth-order valence-electron chi connectivity index (χ4n) is 3.09. The highest BCUT2D eigenvalue weighted by atomic mass is 79.9. The molecular formula is C25H22BrN5O6. The van der Waals surface area contributed by atoms with Crippen LogP contribution in [0, 0.1) is 28.4 Å². The largest absolute Gasteiger partial charge is 0.489 e. The standard InChI is InChI=1S/C25H22BrN5O6/c1-16-24(26)22(14-35-2)21(11-27)25(29-16)37-15-23(32)30-28-12-17-5-9-20(10-6-17)36-13-18-3-7-19(8-4-18)31(33)34/h3-10,12H,13-15H2,1-2H3,(H,30,32)/b28-12+. The van der Waals surface area contributed by atoms with Gasteiger partial charge in [0.2, 0.25) is 5.88 Å². The van der Waals surface area contributed by atoms with Crippen molar-refractivity contribution in [1.29, 1.82) is 5.26 Å². The van der Waals surface area contributed by atoms with Gasteiger partial charge in [0, 0.05) is 29.3 Å². The van der Waals surface area contributed by atoms with Crippen molar-refractivity contribution in [3.63, 3.8) is 0 Å². The number of benzene rings is 2. The number of nitrogens with one attached hydrogen (secondary N) is 1. The number of hydrogen-bond acceptors (Lipinski definition) is 9. The van der Waals surface area contributed by atoms with Gasteiger partial charge in [-0.2, -0.15) is 10.4 Å². The quantitative estimate of drug-likeness (QED) is 0.206. The number of aryl methyl sites for hydroxylation is 1. The number of carbonyl (C=O) groups is 1. The number of methoxy groups -OCH3 is 1. The molecule has 3 aromatic rings. The van der Waals surface area contributed by atoms with E-state index in [1.54, 1.807) is 43.3 Å². The second-order valence-corrected chi connectivity index (χ2v) is 8.37. The Balaban J connectivity index is 1.50. The lowest BCUT2D eigenvalue weighted by Crippen LogP contribution is -2.25. The fraction of sp³-hybridized carbons (Fsp3) is 0.200. The van der Waals surface area contributed by atoms with E-state index in [9.17, 15) is 20.2 Å². The van der Waals surface area contributed by atoms with Gasteiger partial charge < -0.3 is 14.2 Å². The predicted octanol–water partition coefficient (Wildman–Crippen LogP) is 4.19. The summed E-state index contributed by atoms with van der Waals surface area (Å²) in [7, 11) is 1.51. The minimum atomic E-state index is -0.529. The van der Waals surface area contributed by atoms with Gasteiger partial charge in [-0.3, -0.25) is 14.9 Å². The third kappa shape index (κ3) is 7.57. The average Bonchev–Trinajstić information content (AvgIpc) is 2.90. The van der Waals surface area contributed by atoms with Gasteiger partial charge in [-0.15, -0.1) is 0 Å². The number of halogens is 1. The molecule has 1 heterocycles. The smallest absolute Gasteiger partial charge is 0.278 e. The molecular weight excluding hydrogens is 546 g/mol. The van der Waals surface area contributed by atoms with E-state index in [4.69, 9.17) is 14.2 Å². The molecule has 0 fully saturated rings. The summed E-state index contributed by atoms with van der Waals surface area (Å²) in [5.41, 5.74) is 5.27. The van der Waals surface area contributed by atoms with Crippen molar-refractivity contribution in [2.75, 3.05) is 13.7 Å². The molecule has 0 bridgehead atoms. The van der Waals surface area contributed by atoms with Gasteiger partial charge in [0.1, 0.15) is 24.0 Å². The van der Waals surface area contributed by atoms with E-state index in [1.807, 2.05) is 6.07 Å². The first-order chi connectivity index (χ1) is 17.8. The van der Waals surface area contributed by atoms with Crippen molar-refractivity contribution in [3.8, 4) is 17.7 Å². The lowest BCUT2D eigenvalue weighted by atomic mass is 10.1. The first-order valence-corrected chi connectivity index (χ1v) is 11.6. The molecule has 3 rings (SSSR count). The summed E-state index contributed by atoms with van der Waals surface area (Å²) in [5.74, 6) is 0.115. The number of nitro groups is 1. The predicted molar refractivity (Wildman–Crippen MR) is 137 cm³/mol. The summed E-state index contributed by atoms with van der Waals surface area (Å²) in [4.78, 5) is 26.6. The van der Waals surface area contributed by atoms with Crippen molar-refractivity contribution >= 4 is 33.7 Å². The van der Waals surface area contributed by atoms with Crippen LogP contribution >= 0.6 is 15.9 Å². The number of nitriles is 1. The lowest BCUT2D eigenvalue weighted by Gasteiger charge is -2.13. The summed E-state index contributed by atoms with van der Waals surface area (Å²) in [6, 6.07) is 15.1. The van der Waals surface area contributed by atoms with Crippen LogP contribution in [0.25, 0.3) is 0 Å². The number of nitrogens with zero attached hydrogens (tertiary/aromatic N) is 4. The van der Waals surface area contributed by atoms with Crippen LogP contribution in [0.5, 0.6) is 11.6 Å². The van der Waals surface area contributed by atoms with E-state index < -0.39 is 10.8 Å². The lowest BCUT2D eigenvalue weighted by molar-refractivity contribution is -0.384. The van der Waals surface area contributed by atoms with Crippen molar-refractivity contribution in [1.82, 2.24) is 10.4 Å². The van der Waals surface area contributed by atoms with Crippen LogP contribution in [0.2, 0.25) is 0 Å². The Hall–Kier alpha value is -4.34. The molecule has 12 heteroatoms. The maximum Gasteiger partial charge on any atom is 0.278 e. The second kappa shape index (κ2) is 13.1. The van der Waals surface area contributed by atoms with Crippen LogP contribution in [0.3, 0.4) is 0 Å². The zero-order valence-corrected chi connectivity index (χ0v) is 21.5. The van der Waals surface area contributed by atoms with Gasteiger partial charge in [0.05, 0.1) is 23.4 Å². The van der Waals surface area contributed by atoms with Gasteiger partial charge in [-0.1, -0.05) is 0 Å². The molecule has 11 nitrogen and oxygen atoms in total. The number of ether oxygens (including phenoxy) is 3. The van der Waals surface area contributed by atoms with Crippen LogP contribution in [0.1, 0.15) is 27.9 Å². The monoisotopic (exact) mass is 567 g/mol. The van der Waals surface area contributed by atoms with Gasteiger partial charge in [-0.25, -0.2) is 10.4 Å². The molecule has 1 aromatic heterocycles. The van der Waals surface area contributed by atoms with E-state index >= 15 is 0 Å². The van der Waals surface area contributed by atoms with Crippen molar-refractivity contribution in [2.45, 2.75) is 20.1 Å². The van der Waals surface area contributed by atoms with E-state index in [0.717, 1.165) is 5.56 Å². The minimum absolute atomic E-state index is 0.0225. The zero-order chi connectivity index (χ0) is 26.8. The Morgan fingerprint density at radius 3 is 2.51 bits per heavy atom. The van der Waals surface area contributed by atoms with Crippen LogP contribution in [-0.4, -0.2) is 35.7 Å². The molecule has 0 atom stereocenters. The number of pyridine rings is 1. The molecule has 0 aliphatic carbocycles. The molecule has 0 radical (unpaired) electrons. The number of hydrogen-bond donors (Lipinski definition) is 1. The summed E-state index contributed by atoms with van der Waals surface area (Å²) >= 11 is 3.40. The Morgan fingerprint density at radius 1 is 1.19 bits per heavy atom. The van der Waals surface area contributed by atoms with E-state index in [-0.39, 0.29) is 37.0 Å². The zero-order valence-electron chi connectivity index (χ0n) is 19.9. The highest BCUT2D eigenvalue weighted by Gasteiger charge is 2.18. The Kier molecular flexibility index (Phi) is 9.65. The molecule has 37 heavy (non-hydrogen) atoms. The maximum absolute atomic E-state index is 12.1. The molecule has 0 saturated carbocycles. The average molecular weight is 568 g/mol. The van der Waals surface area contributed by atoms with Gasteiger partial charge in [-0.05, 0) is 70.4 Å². The fourth-order valence-corrected chi connectivity index (χ4v) is 3.49. The summed E-state index contributed by atoms with van der Waals surface area (Å²) < 4.78 is 16.9. The van der Waals surface area contributed by atoms with Gasteiger partial charge >= 0.3 is 0 Å². The number of non-ortho nitro benzene ring substituents is 1. The number of amides is 1. The molecule has 0 aliphatic rings. The Labute approximate surface area is 221 Å². The maximum atomic E-state index is 12.1. The van der Waals surface area contributed by atoms with Crippen molar-refractivity contribution < 1.29 is 23.9 Å². The van der Waals surface area contributed by atoms with E-state index in [0.29, 0.717) is 27.0 Å². The van der Waals surface area contributed by atoms with Crippen LogP contribution in [-0.2, 0) is 22.7 Å². The number of hydrazone groups is 1. The first kappa shape index (κ1) is 27.3. The molecule has 1 N–H and O–H groups in total. The minimum Gasteiger partial charge on any atom is -0.489 e. The summed E-state index contributed by atoms with van der Waals surface area (Å²) in [6.45, 7) is 1.80. The van der Waals surface area contributed by atoms with E-state index in [2.05, 4.69) is 31.4 Å². The highest BCUT2D eigenvalue weighted by Crippen LogP contribution is 2.30. The number of aromatic nitrogens is 1. The molecule has 1 amide bonds. The molecule has 0 spiro atoms. The van der Waals surface area contributed by atoms with Crippen LogP contribution in [0.4, 0.5) is 5.69 Å². The second-order valence-electron chi connectivity index (χ2n) is 7.58. The van der Waals surface area contributed by atoms with Crippen molar-refractivity contribution in [3.05, 3.63) is 91.1 Å². The molecule has 190 valence electrons. The summed E-state index contributed by atoms with van der Waals surface area (Å²) in [5, 5.41) is 24.1. The molecule has 0 saturated heterocycles. The SMILES string of the molecule is COCc1c(Br)c(C)nc(OCC(=O)N/N=C/c2ccc(OCc3ccc([N+](=O)[O-])cc3)cc2)c1C#N. The van der Waals surface area contributed by atoms with Crippen LogP contribution in [0.15, 0.2) is 58.1 Å². The normalized spacial score (nSPS) is 10.6. The molecule has 0 unspecified atom stereocenters. The Bertz CT molecular complexity index is 1340. The van der Waals surface area contributed by atoms with Crippen LogP contribution < -0.4 is 14.9 Å². The van der Waals surface area contributed by atoms with Gasteiger partial charge in [0.25, 0.3) is 11.6 Å². The highest BCUT2D eigenvalue weighted by molar-refractivity contribution is 9.10. The third-order valence-electron chi connectivity index (χ3n) is 4.94. The number of nitro benzene ring substituents is 1. The van der Waals surface area contributed by atoms with E-state index in [1.165, 1.54) is 25.5 Å².